The lowest BCUT2D eigenvalue weighted by molar-refractivity contribution is -0.385. The Balaban J connectivity index is 1.70. The van der Waals surface area contributed by atoms with E-state index >= 15 is 0 Å². The average Bonchev–Trinajstić information content (AvgIpc) is 2.75. The molecule has 0 bridgehead atoms. The number of nitro benzene ring substituents is 1. The van der Waals surface area contributed by atoms with E-state index in [9.17, 15) is 32.1 Å². The summed E-state index contributed by atoms with van der Waals surface area (Å²) in [4.78, 5) is 22.1. The van der Waals surface area contributed by atoms with Gasteiger partial charge in [-0.05, 0) is 55.0 Å². The minimum absolute atomic E-state index is 0.110. The van der Waals surface area contributed by atoms with Crippen molar-refractivity contribution >= 4 is 21.7 Å². The van der Waals surface area contributed by atoms with Crippen molar-refractivity contribution in [2.24, 2.45) is 0 Å². The van der Waals surface area contributed by atoms with Gasteiger partial charge in [0.2, 0.25) is 0 Å². The first-order valence-corrected chi connectivity index (χ1v) is 10.5. The molecule has 0 fully saturated rings. The van der Waals surface area contributed by atoms with E-state index in [0.717, 1.165) is 30.3 Å². The molecule has 1 N–H and O–H groups in total. The van der Waals surface area contributed by atoms with E-state index in [1.165, 1.54) is 36.4 Å². The first-order chi connectivity index (χ1) is 15.1. The highest BCUT2D eigenvalue weighted by atomic mass is 32.2. The van der Waals surface area contributed by atoms with Crippen LogP contribution in [0.1, 0.15) is 28.9 Å². The number of amides is 1. The van der Waals surface area contributed by atoms with Crippen molar-refractivity contribution < 1.29 is 31.1 Å². The Bertz CT molecular complexity index is 1280. The molecule has 0 aliphatic rings. The number of nitrogens with one attached hydrogen (secondary N) is 1. The molecule has 0 saturated heterocycles. The molecule has 3 aromatic rings. The quantitative estimate of drug-likeness (QED) is 0.321. The van der Waals surface area contributed by atoms with Gasteiger partial charge in [0.1, 0.15) is 10.6 Å². The standard InChI is InChI=1S/C21H16F2N2O6S/c1-13(15-7-10-19(22)20(23)11-15)24-21(26)14-5-8-17(9-6-14)31-32(29,30)18-4-2-3-16(12-18)25(27)28/h2-13H,1H3,(H,24,26). The third kappa shape index (κ3) is 5.24. The van der Waals surface area contributed by atoms with Gasteiger partial charge < -0.3 is 9.50 Å². The normalized spacial score (nSPS) is 12.1. The zero-order chi connectivity index (χ0) is 23.5. The molecule has 1 unspecified atom stereocenters. The molecule has 1 atom stereocenters. The van der Waals surface area contributed by atoms with Gasteiger partial charge >= 0.3 is 10.1 Å². The van der Waals surface area contributed by atoms with Crippen LogP contribution in [0.3, 0.4) is 0 Å². The molecule has 1 amide bonds. The Hall–Kier alpha value is -3.86. The van der Waals surface area contributed by atoms with E-state index in [1.54, 1.807) is 6.92 Å². The van der Waals surface area contributed by atoms with E-state index in [-0.39, 0.29) is 11.3 Å². The number of hydrogen-bond donors (Lipinski definition) is 1. The van der Waals surface area contributed by atoms with Crippen LogP contribution in [-0.2, 0) is 10.1 Å². The molecule has 0 heterocycles. The lowest BCUT2D eigenvalue weighted by atomic mass is 10.1. The van der Waals surface area contributed by atoms with Crippen molar-refractivity contribution in [1.82, 2.24) is 5.32 Å². The fraction of sp³-hybridized carbons (Fsp3) is 0.0952. The molecule has 3 aromatic carbocycles. The first kappa shape index (κ1) is 22.8. The molecular formula is C21H16F2N2O6S. The number of carbonyl (C=O) groups excluding carboxylic acids is 1. The van der Waals surface area contributed by atoms with Gasteiger partial charge in [0.25, 0.3) is 11.6 Å². The molecule has 166 valence electrons. The summed E-state index contributed by atoms with van der Waals surface area (Å²) in [6.45, 7) is 1.59. The maximum absolute atomic E-state index is 13.4. The number of hydrogen-bond acceptors (Lipinski definition) is 6. The topological polar surface area (TPSA) is 116 Å². The Kier molecular flexibility index (Phi) is 6.49. The molecule has 0 radical (unpaired) electrons. The molecular weight excluding hydrogens is 446 g/mol. The SMILES string of the molecule is CC(NC(=O)c1ccc(OS(=O)(=O)c2cccc([N+](=O)[O-])c2)cc1)c1ccc(F)c(F)c1. The fourth-order valence-electron chi connectivity index (χ4n) is 2.73. The van der Waals surface area contributed by atoms with Crippen LogP contribution < -0.4 is 9.50 Å². The molecule has 8 nitrogen and oxygen atoms in total. The first-order valence-electron chi connectivity index (χ1n) is 9.11. The van der Waals surface area contributed by atoms with Gasteiger partial charge in [-0.25, -0.2) is 8.78 Å². The highest BCUT2D eigenvalue weighted by Gasteiger charge is 2.20. The van der Waals surface area contributed by atoms with Crippen LogP contribution in [0.2, 0.25) is 0 Å². The zero-order valence-corrected chi connectivity index (χ0v) is 17.3. The predicted octanol–water partition coefficient (Wildman–Crippen LogP) is 4.13. The Labute approximate surface area is 181 Å². The van der Waals surface area contributed by atoms with E-state index in [1.807, 2.05) is 0 Å². The summed E-state index contributed by atoms with van der Waals surface area (Å²) in [6.07, 6.45) is 0. The van der Waals surface area contributed by atoms with Gasteiger partial charge in [0, 0.05) is 17.7 Å². The van der Waals surface area contributed by atoms with Crippen LogP contribution in [0.25, 0.3) is 0 Å². The van der Waals surface area contributed by atoms with Crippen LogP contribution >= 0.6 is 0 Å². The summed E-state index contributed by atoms with van der Waals surface area (Å²) in [5.74, 6) is -2.67. The number of carbonyl (C=O) groups is 1. The summed E-state index contributed by atoms with van der Waals surface area (Å²) >= 11 is 0. The zero-order valence-electron chi connectivity index (χ0n) is 16.5. The van der Waals surface area contributed by atoms with Crippen molar-refractivity contribution in [3.63, 3.8) is 0 Å². The second-order valence-corrected chi connectivity index (χ2v) is 8.23. The number of nitro groups is 1. The molecule has 11 heteroatoms. The van der Waals surface area contributed by atoms with Crippen LogP contribution in [-0.4, -0.2) is 19.2 Å². The van der Waals surface area contributed by atoms with Gasteiger partial charge in [-0.15, -0.1) is 0 Å². The lowest BCUT2D eigenvalue weighted by Gasteiger charge is -2.15. The van der Waals surface area contributed by atoms with Crippen molar-refractivity contribution in [2.75, 3.05) is 0 Å². The number of benzene rings is 3. The minimum atomic E-state index is -4.34. The van der Waals surface area contributed by atoms with Gasteiger partial charge in [-0.2, -0.15) is 8.42 Å². The molecule has 0 aromatic heterocycles. The second-order valence-electron chi connectivity index (χ2n) is 6.68. The van der Waals surface area contributed by atoms with E-state index in [4.69, 9.17) is 4.18 Å². The summed E-state index contributed by atoms with van der Waals surface area (Å²) in [7, 11) is -4.34. The van der Waals surface area contributed by atoms with Gasteiger partial charge in [-0.3, -0.25) is 14.9 Å². The van der Waals surface area contributed by atoms with Crippen molar-refractivity contribution in [1.29, 1.82) is 0 Å². The van der Waals surface area contributed by atoms with Crippen molar-refractivity contribution in [3.8, 4) is 5.75 Å². The molecule has 0 aliphatic heterocycles. The van der Waals surface area contributed by atoms with E-state index in [2.05, 4.69) is 5.32 Å². The van der Waals surface area contributed by atoms with Crippen LogP contribution in [0.15, 0.2) is 71.6 Å². The third-order valence-electron chi connectivity index (χ3n) is 4.43. The summed E-state index contributed by atoms with van der Waals surface area (Å²) in [5.41, 5.74) is 0.122. The summed E-state index contributed by atoms with van der Waals surface area (Å²) < 4.78 is 56.1. The fourth-order valence-corrected chi connectivity index (χ4v) is 3.71. The maximum Gasteiger partial charge on any atom is 0.339 e. The Morgan fingerprint density at radius 1 is 1.03 bits per heavy atom. The average molecular weight is 462 g/mol. The van der Waals surface area contributed by atoms with Gasteiger partial charge in [-0.1, -0.05) is 12.1 Å². The number of rotatable bonds is 7. The lowest BCUT2D eigenvalue weighted by Crippen LogP contribution is -2.26. The number of nitrogens with zero attached hydrogens (tertiary/aromatic N) is 1. The van der Waals surface area contributed by atoms with E-state index < -0.39 is 49.2 Å². The monoisotopic (exact) mass is 462 g/mol. The molecule has 0 spiro atoms. The van der Waals surface area contributed by atoms with Crippen LogP contribution in [0, 0.1) is 21.7 Å². The number of non-ortho nitro benzene ring substituents is 1. The highest BCUT2D eigenvalue weighted by Crippen LogP contribution is 2.23. The van der Waals surface area contributed by atoms with Crippen LogP contribution in [0.4, 0.5) is 14.5 Å². The largest absolute Gasteiger partial charge is 0.379 e. The van der Waals surface area contributed by atoms with Crippen molar-refractivity contribution in [3.05, 3.63) is 99.6 Å². The van der Waals surface area contributed by atoms with Gasteiger partial charge in [0.15, 0.2) is 11.6 Å². The van der Waals surface area contributed by atoms with Gasteiger partial charge in [0.05, 0.1) is 11.0 Å². The molecule has 3 rings (SSSR count). The maximum atomic E-state index is 13.4. The van der Waals surface area contributed by atoms with E-state index in [0.29, 0.717) is 5.56 Å². The summed E-state index contributed by atoms with van der Waals surface area (Å²) in [5, 5.41) is 13.5. The Morgan fingerprint density at radius 3 is 2.34 bits per heavy atom. The number of halogens is 2. The molecule has 0 saturated carbocycles. The molecule has 32 heavy (non-hydrogen) atoms. The minimum Gasteiger partial charge on any atom is -0.379 e. The third-order valence-corrected chi connectivity index (χ3v) is 5.67. The predicted molar refractivity (Wildman–Crippen MR) is 110 cm³/mol. The summed E-state index contributed by atoms with van der Waals surface area (Å²) in [6, 6.07) is 12.2. The van der Waals surface area contributed by atoms with Crippen LogP contribution in [0.5, 0.6) is 5.75 Å². The molecule has 0 aliphatic carbocycles. The van der Waals surface area contributed by atoms with Crippen molar-refractivity contribution in [2.45, 2.75) is 17.9 Å². The smallest absolute Gasteiger partial charge is 0.339 e. The highest BCUT2D eigenvalue weighted by molar-refractivity contribution is 7.87. The second kappa shape index (κ2) is 9.10. The Morgan fingerprint density at radius 2 is 1.72 bits per heavy atom.